The highest BCUT2D eigenvalue weighted by molar-refractivity contribution is 7.84. The summed E-state index contributed by atoms with van der Waals surface area (Å²) in [6, 6.07) is 2.56. The summed E-state index contributed by atoms with van der Waals surface area (Å²) in [5.41, 5.74) is 1.05. The molecule has 0 aromatic carbocycles. The Morgan fingerprint density at radius 3 is 2.67 bits per heavy atom. The minimum absolute atomic E-state index is 0.186. The molecule has 0 radical (unpaired) electrons. The fraction of sp³-hybridized carbons (Fsp3) is 0.769. The van der Waals surface area contributed by atoms with Crippen molar-refractivity contribution in [2.75, 3.05) is 12.8 Å². The number of nitrogens with one attached hydrogen (secondary N) is 1. The van der Waals surface area contributed by atoms with Crippen molar-refractivity contribution in [1.29, 1.82) is 0 Å². The van der Waals surface area contributed by atoms with Crippen LogP contribution in [0.15, 0.2) is 12.3 Å². The zero-order valence-electron chi connectivity index (χ0n) is 11.8. The molecule has 1 aromatic heterocycles. The largest absolute Gasteiger partial charge is 0.310 e. The second-order valence-corrected chi connectivity index (χ2v) is 6.50. The van der Waals surface area contributed by atoms with E-state index in [1.165, 1.54) is 0 Å². The van der Waals surface area contributed by atoms with Crippen LogP contribution in [0.4, 0.5) is 0 Å². The average Bonchev–Trinajstić information content (AvgIpc) is 2.79. The van der Waals surface area contributed by atoms with Crippen molar-refractivity contribution in [2.24, 2.45) is 0 Å². The van der Waals surface area contributed by atoms with Crippen LogP contribution in [0.2, 0.25) is 0 Å². The van der Waals surface area contributed by atoms with Crippen LogP contribution in [-0.4, -0.2) is 32.0 Å². The lowest BCUT2D eigenvalue weighted by molar-refractivity contribution is 0.424. The Hall–Kier alpha value is -0.680. The molecule has 0 aliphatic rings. The number of aromatic nitrogens is 2. The van der Waals surface area contributed by atoms with Crippen molar-refractivity contribution in [3.05, 3.63) is 18.0 Å². The van der Waals surface area contributed by atoms with Gasteiger partial charge in [0, 0.05) is 41.6 Å². The van der Waals surface area contributed by atoms with Gasteiger partial charge in [0.15, 0.2) is 0 Å². The van der Waals surface area contributed by atoms with E-state index in [1.54, 1.807) is 6.26 Å². The van der Waals surface area contributed by atoms with Gasteiger partial charge in [-0.25, -0.2) is 0 Å². The summed E-state index contributed by atoms with van der Waals surface area (Å²) in [4.78, 5) is 0. The molecule has 2 atom stereocenters. The molecule has 0 saturated carbocycles. The summed E-state index contributed by atoms with van der Waals surface area (Å²) in [5, 5.41) is 8.06. The van der Waals surface area contributed by atoms with Crippen LogP contribution in [0.3, 0.4) is 0 Å². The van der Waals surface area contributed by atoms with Crippen molar-refractivity contribution in [1.82, 2.24) is 15.1 Å². The molecule has 1 heterocycles. The molecule has 18 heavy (non-hydrogen) atoms. The Morgan fingerprint density at radius 1 is 1.44 bits per heavy atom. The Labute approximate surface area is 113 Å². The van der Waals surface area contributed by atoms with E-state index in [4.69, 9.17) is 0 Å². The normalized spacial score (nSPS) is 14.9. The SMILES string of the molecule is CCC(CC)n1ccc(CNCC(C)S(C)=O)n1. The van der Waals surface area contributed by atoms with E-state index in [-0.39, 0.29) is 5.25 Å². The van der Waals surface area contributed by atoms with Gasteiger partial charge in [0.2, 0.25) is 0 Å². The van der Waals surface area contributed by atoms with E-state index >= 15 is 0 Å². The Bertz CT molecular complexity index is 374. The van der Waals surface area contributed by atoms with Gasteiger partial charge in [0.25, 0.3) is 0 Å². The van der Waals surface area contributed by atoms with E-state index in [1.807, 2.05) is 6.92 Å². The lowest BCUT2D eigenvalue weighted by Crippen LogP contribution is -2.27. The minimum Gasteiger partial charge on any atom is -0.310 e. The van der Waals surface area contributed by atoms with Crippen molar-refractivity contribution < 1.29 is 4.21 Å². The first kappa shape index (κ1) is 15.4. The monoisotopic (exact) mass is 271 g/mol. The van der Waals surface area contributed by atoms with Crippen molar-refractivity contribution in [3.8, 4) is 0 Å². The standard InChI is InChI=1S/C13H25N3OS/c1-5-13(6-2)16-8-7-12(15-16)10-14-9-11(3)18(4)17/h7-8,11,13-14H,5-6,9-10H2,1-4H3. The predicted octanol–water partition coefficient (Wildman–Crippen LogP) is 2.10. The third-order valence-electron chi connectivity index (χ3n) is 3.28. The third kappa shape index (κ3) is 4.53. The smallest absolute Gasteiger partial charge is 0.0762 e. The third-order valence-corrected chi connectivity index (χ3v) is 4.58. The van der Waals surface area contributed by atoms with Crippen LogP contribution in [0.5, 0.6) is 0 Å². The molecule has 0 aliphatic heterocycles. The summed E-state index contributed by atoms with van der Waals surface area (Å²) >= 11 is 0. The molecule has 0 fully saturated rings. The quantitative estimate of drug-likeness (QED) is 0.787. The molecule has 0 amide bonds. The number of nitrogens with zero attached hydrogens (tertiary/aromatic N) is 2. The molecule has 0 spiro atoms. The molecule has 1 aromatic rings. The predicted molar refractivity (Wildman–Crippen MR) is 77.1 cm³/mol. The maximum Gasteiger partial charge on any atom is 0.0762 e. The Morgan fingerprint density at radius 2 is 2.11 bits per heavy atom. The topological polar surface area (TPSA) is 46.9 Å². The van der Waals surface area contributed by atoms with Crippen LogP contribution in [0, 0.1) is 0 Å². The number of hydrogen-bond donors (Lipinski definition) is 1. The lowest BCUT2D eigenvalue weighted by atomic mass is 10.2. The summed E-state index contributed by atoms with van der Waals surface area (Å²) < 4.78 is 13.3. The summed E-state index contributed by atoms with van der Waals surface area (Å²) in [7, 11) is -0.761. The van der Waals surface area contributed by atoms with Gasteiger partial charge in [-0.2, -0.15) is 5.10 Å². The van der Waals surface area contributed by atoms with Crippen molar-refractivity contribution >= 4 is 10.8 Å². The highest BCUT2D eigenvalue weighted by Crippen LogP contribution is 2.14. The Kier molecular flexibility index (Phi) is 6.57. The minimum atomic E-state index is -0.761. The van der Waals surface area contributed by atoms with Crippen LogP contribution >= 0.6 is 0 Å². The van der Waals surface area contributed by atoms with Gasteiger partial charge in [0.05, 0.1) is 11.7 Å². The summed E-state index contributed by atoms with van der Waals surface area (Å²) in [6.07, 6.45) is 6.01. The van der Waals surface area contributed by atoms with Gasteiger partial charge in [-0.05, 0) is 25.8 Å². The lowest BCUT2D eigenvalue weighted by Gasteiger charge is -2.12. The molecule has 1 N–H and O–H groups in total. The first-order chi connectivity index (χ1) is 8.58. The molecule has 0 aliphatic carbocycles. The molecule has 4 nitrogen and oxygen atoms in total. The molecule has 5 heteroatoms. The van der Waals surface area contributed by atoms with E-state index < -0.39 is 10.8 Å². The van der Waals surface area contributed by atoms with E-state index in [9.17, 15) is 4.21 Å². The van der Waals surface area contributed by atoms with Gasteiger partial charge in [-0.3, -0.25) is 8.89 Å². The molecular weight excluding hydrogens is 246 g/mol. The second-order valence-electron chi connectivity index (χ2n) is 4.70. The van der Waals surface area contributed by atoms with Gasteiger partial charge >= 0.3 is 0 Å². The van der Waals surface area contributed by atoms with Gasteiger partial charge in [-0.1, -0.05) is 13.8 Å². The van der Waals surface area contributed by atoms with E-state index in [2.05, 4.69) is 41.2 Å². The zero-order valence-corrected chi connectivity index (χ0v) is 12.7. The average molecular weight is 271 g/mol. The number of rotatable bonds is 8. The highest BCUT2D eigenvalue weighted by Gasteiger charge is 2.09. The van der Waals surface area contributed by atoms with Crippen molar-refractivity contribution in [3.63, 3.8) is 0 Å². The Balaban J connectivity index is 2.42. The summed E-state index contributed by atoms with van der Waals surface area (Å²) in [6.45, 7) is 7.87. The molecular formula is C13H25N3OS. The molecule has 0 bridgehead atoms. The van der Waals surface area contributed by atoms with Gasteiger partial charge < -0.3 is 5.32 Å². The van der Waals surface area contributed by atoms with Gasteiger partial charge in [0.1, 0.15) is 0 Å². The molecule has 104 valence electrons. The van der Waals surface area contributed by atoms with Crippen molar-refractivity contribution in [2.45, 2.75) is 51.4 Å². The van der Waals surface area contributed by atoms with Crippen LogP contribution < -0.4 is 5.32 Å². The zero-order chi connectivity index (χ0) is 13.5. The molecule has 0 saturated heterocycles. The van der Waals surface area contributed by atoms with Crippen LogP contribution in [0.1, 0.15) is 45.3 Å². The van der Waals surface area contributed by atoms with E-state index in [0.717, 1.165) is 31.6 Å². The maximum absolute atomic E-state index is 11.2. The number of hydrogen-bond acceptors (Lipinski definition) is 3. The highest BCUT2D eigenvalue weighted by atomic mass is 32.2. The maximum atomic E-state index is 11.2. The van der Waals surface area contributed by atoms with Gasteiger partial charge in [-0.15, -0.1) is 0 Å². The second kappa shape index (κ2) is 7.69. The van der Waals surface area contributed by atoms with Crippen LogP contribution in [0.25, 0.3) is 0 Å². The van der Waals surface area contributed by atoms with E-state index in [0.29, 0.717) is 6.04 Å². The molecule has 1 rings (SSSR count). The van der Waals surface area contributed by atoms with Crippen LogP contribution in [-0.2, 0) is 17.3 Å². The fourth-order valence-electron chi connectivity index (χ4n) is 1.86. The fourth-order valence-corrected chi connectivity index (χ4v) is 2.21. The summed E-state index contributed by atoms with van der Waals surface area (Å²) in [5.74, 6) is 0. The molecule has 2 unspecified atom stereocenters. The first-order valence-electron chi connectivity index (χ1n) is 6.65. The first-order valence-corrected chi connectivity index (χ1v) is 8.27.